The fourth-order valence-corrected chi connectivity index (χ4v) is 3.17. The van der Waals surface area contributed by atoms with Crippen LogP contribution in [0.4, 0.5) is 5.69 Å². The number of benzene rings is 2. The molecule has 6 heteroatoms. The van der Waals surface area contributed by atoms with Crippen molar-refractivity contribution < 1.29 is 13.9 Å². The molecule has 0 aliphatic heterocycles. The highest BCUT2D eigenvalue weighted by molar-refractivity contribution is 9.10. The van der Waals surface area contributed by atoms with E-state index < -0.39 is 11.6 Å². The zero-order valence-electron chi connectivity index (χ0n) is 14.0. The second kappa shape index (κ2) is 7.58. The molecule has 0 fully saturated rings. The van der Waals surface area contributed by atoms with Crippen LogP contribution in [0.5, 0.6) is 0 Å². The Morgan fingerprint density at radius 2 is 1.77 bits per heavy atom. The van der Waals surface area contributed by atoms with Gasteiger partial charge in [0.2, 0.25) is 0 Å². The van der Waals surface area contributed by atoms with E-state index in [4.69, 9.17) is 14.9 Å². The number of hydrogen-bond donors (Lipinski definition) is 1. The molecule has 1 heterocycles. The third-order valence-electron chi connectivity index (χ3n) is 3.82. The van der Waals surface area contributed by atoms with Gasteiger partial charge in [0.1, 0.15) is 11.3 Å². The molecule has 0 radical (unpaired) electrons. The summed E-state index contributed by atoms with van der Waals surface area (Å²) in [4.78, 5) is 25.1. The van der Waals surface area contributed by atoms with Crippen LogP contribution in [-0.2, 0) is 4.74 Å². The van der Waals surface area contributed by atoms with E-state index in [9.17, 15) is 9.59 Å². The average molecular weight is 414 g/mol. The summed E-state index contributed by atoms with van der Waals surface area (Å²) >= 11 is 3.45. The lowest BCUT2D eigenvalue weighted by atomic mass is 9.95. The number of nitrogen functional groups attached to an aromatic ring is 1. The third-order valence-corrected chi connectivity index (χ3v) is 4.51. The maximum Gasteiger partial charge on any atom is 0.360 e. The van der Waals surface area contributed by atoms with Gasteiger partial charge in [-0.25, -0.2) is 9.59 Å². The third kappa shape index (κ3) is 3.28. The van der Waals surface area contributed by atoms with Gasteiger partial charge >= 0.3 is 11.6 Å². The predicted molar refractivity (Wildman–Crippen MR) is 104 cm³/mol. The summed E-state index contributed by atoms with van der Waals surface area (Å²) in [6.45, 7) is 1.89. The number of anilines is 1. The topological polar surface area (TPSA) is 82.5 Å². The Hall–Kier alpha value is -2.86. The van der Waals surface area contributed by atoms with Gasteiger partial charge < -0.3 is 14.9 Å². The summed E-state index contributed by atoms with van der Waals surface area (Å²) in [7, 11) is 0. The van der Waals surface area contributed by atoms with Gasteiger partial charge in [-0.1, -0.05) is 64.5 Å². The zero-order valence-corrected chi connectivity index (χ0v) is 15.6. The number of nitrogens with two attached hydrogens (primary N) is 1. The molecular formula is C20H16BrNO4. The molecule has 0 aliphatic carbocycles. The van der Waals surface area contributed by atoms with Crippen molar-refractivity contribution in [2.45, 2.75) is 6.92 Å². The highest BCUT2D eigenvalue weighted by Gasteiger charge is 2.27. The summed E-state index contributed by atoms with van der Waals surface area (Å²) in [5.41, 5.74) is 6.80. The molecule has 0 saturated carbocycles. The van der Waals surface area contributed by atoms with Crippen molar-refractivity contribution in [3.8, 4) is 22.5 Å². The van der Waals surface area contributed by atoms with E-state index in [1.165, 1.54) is 0 Å². The van der Waals surface area contributed by atoms with Crippen LogP contribution in [0.25, 0.3) is 22.5 Å². The molecule has 0 aliphatic rings. The van der Waals surface area contributed by atoms with Crippen molar-refractivity contribution in [3.63, 3.8) is 0 Å². The van der Waals surface area contributed by atoms with Gasteiger partial charge in [-0.2, -0.15) is 0 Å². The van der Waals surface area contributed by atoms with Crippen molar-refractivity contribution in [2.24, 2.45) is 0 Å². The Kier molecular flexibility index (Phi) is 5.23. The average Bonchev–Trinajstić information content (AvgIpc) is 2.65. The number of halogens is 1. The number of rotatable bonds is 4. The van der Waals surface area contributed by atoms with E-state index in [-0.39, 0.29) is 23.6 Å². The summed E-state index contributed by atoms with van der Waals surface area (Å²) in [6.07, 6.45) is 0. The fourth-order valence-electron chi connectivity index (χ4n) is 2.68. The summed E-state index contributed by atoms with van der Waals surface area (Å²) < 4.78 is 11.3. The SMILES string of the molecule is CCOC(=O)c1c(-c2ccccc2)oc(=O)c(N)c1-c1ccccc1Br. The molecule has 3 aromatic rings. The highest BCUT2D eigenvalue weighted by Crippen LogP contribution is 2.38. The molecule has 2 N–H and O–H groups in total. The lowest BCUT2D eigenvalue weighted by molar-refractivity contribution is 0.0526. The molecule has 0 amide bonds. The number of carbonyl (C=O) groups excluding carboxylic acids is 1. The summed E-state index contributed by atoms with van der Waals surface area (Å²) in [5.74, 6) is -0.471. The second-order valence-corrected chi connectivity index (χ2v) is 6.30. The second-order valence-electron chi connectivity index (χ2n) is 5.45. The maximum absolute atomic E-state index is 12.8. The summed E-state index contributed by atoms with van der Waals surface area (Å²) in [5, 5.41) is 0. The van der Waals surface area contributed by atoms with Crippen LogP contribution in [0.15, 0.2) is 68.3 Å². The van der Waals surface area contributed by atoms with Gasteiger partial charge in [0.15, 0.2) is 5.76 Å². The Morgan fingerprint density at radius 1 is 1.12 bits per heavy atom. The van der Waals surface area contributed by atoms with Gasteiger partial charge in [0, 0.05) is 15.6 Å². The summed E-state index contributed by atoms with van der Waals surface area (Å²) in [6, 6.07) is 16.1. The minimum atomic E-state index is -0.706. The first-order chi connectivity index (χ1) is 12.5. The van der Waals surface area contributed by atoms with E-state index >= 15 is 0 Å². The lowest BCUT2D eigenvalue weighted by Crippen LogP contribution is -2.17. The van der Waals surface area contributed by atoms with Crippen molar-refractivity contribution in [1.82, 2.24) is 0 Å². The first kappa shape index (κ1) is 17.9. The van der Waals surface area contributed by atoms with E-state index in [0.717, 1.165) is 0 Å². The molecule has 3 rings (SSSR count). The number of ether oxygens (including phenoxy) is 1. The molecule has 1 aromatic heterocycles. The molecule has 0 atom stereocenters. The van der Waals surface area contributed by atoms with Gasteiger partial charge in [-0.3, -0.25) is 0 Å². The van der Waals surface area contributed by atoms with Crippen LogP contribution in [0.2, 0.25) is 0 Å². The van der Waals surface area contributed by atoms with Crippen LogP contribution in [-0.4, -0.2) is 12.6 Å². The molecular weight excluding hydrogens is 398 g/mol. The predicted octanol–water partition coefficient (Wildman–Crippen LogP) is 4.50. The Morgan fingerprint density at radius 3 is 2.42 bits per heavy atom. The number of carbonyl (C=O) groups is 1. The van der Waals surface area contributed by atoms with Crippen LogP contribution >= 0.6 is 15.9 Å². The van der Waals surface area contributed by atoms with E-state index in [0.29, 0.717) is 21.2 Å². The van der Waals surface area contributed by atoms with Gasteiger partial charge in [-0.05, 0) is 18.6 Å². The molecule has 5 nitrogen and oxygen atoms in total. The molecule has 0 unspecified atom stereocenters. The van der Waals surface area contributed by atoms with Gasteiger partial charge in [0.25, 0.3) is 0 Å². The van der Waals surface area contributed by atoms with E-state index in [2.05, 4.69) is 15.9 Å². The van der Waals surface area contributed by atoms with Crippen molar-refractivity contribution in [3.05, 3.63) is 75.1 Å². The molecule has 132 valence electrons. The fraction of sp³-hybridized carbons (Fsp3) is 0.100. The first-order valence-corrected chi connectivity index (χ1v) is 8.78. The van der Waals surface area contributed by atoms with Crippen molar-refractivity contribution >= 4 is 27.6 Å². The Balaban J connectivity index is 2.43. The molecule has 0 saturated heterocycles. The standard InChI is InChI=1S/C20H16BrNO4/c1-2-25-19(23)16-15(13-10-6-7-11-14(13)21)17(22)20(24)26-18(16)12-8-4-3-5-9-12/h3-11H,2,22H2,1H3. The normalized spacial score (nSPS) is 10.5. The first-order valence-electron chi connectivity index (χ1n) is 7.98. The molecule has 2 aromatic carbocycles. The van der Waals surface area contributed by atoms with Gasteiger partial charge in [-0.15, -0.1) is 0 Å². The van der Waals surface area contributed by atoms with Crippen LogP contribution < -0.4 is 11.4 Å². The number of esters is 1. The lowest BCUT2D eigenvalue weighted by Gasteiger charge is -2.15. The largest absolute Gasteiger partial charge is 0.462 e. The van der Waals surface area contributed by atoms with Crippen LogP contribution in [0.3, 0.4) is 0 Å². The molecule has 26 heavy (non-hydrogen) atoms. The molecule has 0 spiro atoms. The van der Waals surface area contributed by atoms with Crippen molar-refractivity contribution in [2.75, 3.05) is 12.3 Å². The highest BCUT2D eigenvalue weighted by atomic mass is 79.9. The zero-order chi connectivity index (χ0) is 18.7. The smallest absolute Gasteiger partial charge is 0.360 e. The number of hydrogen-bond acceptors (Lipinski definition) is 5. The van der Waals surface area contributed by atoms with Crippen molar-refractivity contribution in [1.29, 1.82) is 0 Å². The molecule has 0 bridgehead atoms. The monoisotopic (exact) mass is 413 g/mol. The van der Waals surface area contributed by atoms with Crippen LogP contribution in [0, 0.1) is 0 Å². The van der Waals surface area contributed by atoms with Crippen LogP contribution in [0.1, 0.15) is 17.3 Å². The Bertz CT molecular complexity index is 1010. The Labute approximate surface area is 158 Å². The minimum absolute atomic E-state index is 0.127. The van der Waals surface area contributed by atoms with Gasteiger partial charge in [0.05, 0.1) is 6.61 Å². The quantitative estimate of drug-likeness (QED) is 0.636. The minimum Gasteiger partial charge on any atom is -0.462 e. The maximum atomic E-state index is 12.8. The van der Waals surface area contributed by atoms with E-state index in [1.807, 2.05) is 12.1 Å². The van der Waals surface area contributed by atoms with E-state index in [1.54, 1.807) is 49.4 Å².